The summed E-state index contributed by atoms with van der Waals surface area (Å²) >= 11 is 0. The van der Waals surface area contributed by atoms with E-state index in [-0.39, 0.29) is 17.7 Å². The highest BCUT2D eigenvalue weighted by Gasteiger charge is 2.17. The van der Waals surface area contributed by atoms with Crippen LogP contribution in [0, 0.1) is 0 Å². The van der Waals surface area contributed by atoms with Gasteiger partial charge in [0.15, 0.2) is 0 Å². The third-order valence-electron chi connectivity index (χ3n) is 3.20. The number of nitrogens with zero attached hydrogens (tertiary/aromatic N) is 1. The molecular formula is C15H24F2N2O. The minimum Gasteiger partial charge on any atom is -0.377 e. The standard InChI is InChI=1S/C15H24F2N2O/c1-11(2)20-8-7-19(3)14(10-18)12-5-4-6-13(9-12)15(16)17/h4-6,9,11,14-15H,7-8,10,18H2,1-3H3. The highest BCUT2D eigenvalue weighted by atomic mass is 19.3. The molecule has 0 spiro atoms. The van der Waals surface area contributed by atoms with E-state index < -0.39 is 6.43 Å². The van der Waals surface area contributed by atoms with Gasteiger partial charge in [-0.15, -0.1) is 0 Å². The summed E-state index contributed by atoms with van der Waals surface area (Å²) in [6, 6.07) is 6.37. The molecule has 3 nitrogen and oxygen atoms in total. The lowest BCUT2D eigenvalue weighted by molar-refractivity contribution is 0.0564. The first kappa shape index (κ1) is 17.0. The Balaban J connectivity index is 2.71. The number of halogens is 2. The van der Waals surface area contributed by atoms with Crippen molar-refractivity contribution in [2.45, 2.75) is 32.4 Å². The first-order valence-corrected chi connectivity index (χ1v) is 6.85. The van der Waals surface area contributed by atoms with Gasteiger partial charge in [-0.05, 0) is 32.5 Å². The Hall–Kier alpha value is -1.04. The average Bonchev–Trinajstić information content (AvgIpc) is 2.39. The Morgan fingerprint density at radius 3 is 2.45 bits per heavy atom. The first-order chi connectivity index (χ1) is 9.45. The van der Waals surface area contributed by atoms with Crippen LogP contribution in [0.5, 0.6) is 0 Å². The first-order valence-electron chi connectivity index (χ1n) is 6.85. The van der Waals surface area contributed by atoms with Crippen LogP contribution in [0.2, 0.25) is 0 Å². The average molecular weight is 286 g/mol. The third kappa shape index (κ3) is 5.15. The molecule has 0 aromatic heterocycles. The second-order valence-electron chi connectivity index (χ2n) is 5.12. The summed E-state index contributed by atoms with van der Waals surface area (Å²) in [7, 11) is 1.93. The van der Waals surface area contributed by atoms with Gasteiger partial charge < -0.3 is 10.5 Å². The Labute approximate surface area is 119 Å². The monoisotopic (exact) mass is 286 g/mol. The molecule has 1 aromatic rings. The van der Waals surface area contributed by atoms with Gasteiger partial charge in [-0.1, -0.05) is 18.2 Å². The normalized spacial score (nSPS) is 13.4. The van der Waals surface area contributed by atoms with Crippen LogP contribution in [0.25, 0.3) is 0 Å². The van der Waals surface area contributed by atoms with E-state index >= 15 is 0 Å². The molecule has 0 aliphatic rings. The third-order valence-corrected chi connectivity index (χ3v) is 3.20. The van der Waals surface area contributed by atoms with Crippen LogP contribution in [0.3, 0.4) is 0 Å². The van der Waals surface area contributed by atoms with Crippen LogP contribution in [-0.4, -0.2) is 37.7 Å². The van der Waals surface area contributed by atoms with Crippen molar-refractivity contribution in [2.75, 3.05) is 26.7 Å². The molecule has 1 atom stereocenters. The minimum atomic E-state index is -2.46. The summed E-state index contributed by atoms with van der Waals surface area (Å²) < 4.78 is 31.0. The fourth-order valence-corrected chi connectivity index (χ4v) is 2.06. The van der Waals surface area contributed by atoms with Gasteiger partial charge in [-0.2, -0.15) is 0 Å². The SMILES string of the molecule is CC(C)OCCN(C)C(CN)c1cccc(C(F)F)c1. The van der Waals surface area contributed by atoms with E-state index in [1.165, 1.54) is 12.1 Å². The van der Waals surface area contributed by atoms with E-state index in [0.717, 1.165) is 5.56 Å². The summed E-state index contributed by atoms with van der Waals surface area (Å²) in [6.45, 7) is 5.64. The Bertz CT molecular complexity index is 399. The van der Waals surface area contributed by atoms with Gasteiger partial charge in [-0.3, -0.25) is 4.90 Å². The molecule has 2 N–H and O–H groups in total. The number of alkyl halides is 2. The van der Waals surface area contributed by atoms with Crippen molar-refractivity contribution in [3.05, 3.63) is 35.4 Å². The predicted molar refractivity (Wildman–Crippen MR) is 76.9 cm³/mol. The van der Waals surface area contributed by atoms with E-state index in [9.17, 15) is 8.78 Å². The topological polar surface area (TPSA) is 38.5 Å². The summed E-state index contributed by atoms with van der Waals surface area (Å²) in [5.41, 5.74) is 6.65. The highest BCUT2D eigenvalue weighted by molar-refractivity contribution is 5.27. The fourth-order valence-electron chi connectivity index (χ4n) is 2.06. The number of ether oxygens (including phenoxy) is 1. The maximum absolute atomic E-state index is 12.7. The number of hydrogen-bond acceptors (Lipinski definition) is 3. The molecule has 0 saturated carbocycles. The largest absolute Gasteiger partial charge is 0.377 e. The van der Waals surface area contributed by atoms with Gasteiger partial charge >= 0.3 is 0 Å². The molecule has 1 unspecified atom stereocenters. The Kier molecular flexibility index (Phi) is 7.05. The quantitative estimate of drug-likeness (QED) is 0.798. The molecule has 0 amide bonds. The van der Waals surface area contributed by atoms with Gasteiger partial charge in [0.2, 0.25) is 0 Å². The minimum absolute atomic E-state index is 0.0350. The van der Waals surface area contributed by atoms with E-state index in [0.29, 0.717) is 19.7 Å². The van der Waals surface area contributed by atoms with E-state index in [1.54, 1.807) is 6.07 Å². The smallest absolute Gasteiger partial charge is 0.263 e. The van der Waals surface area contributed by atoms with Crippen LogP contribution in [-0.2, 0) is 4.74 Å². The molecule has 0 aliphatic carbocycles. The second kappa shape index (κ2) is 8.29. The van der Waals surface area contributed by atoms with Crippen LogP contribution >= 0.6 is 0 Å². The van der Waals surface area contributed by atoms with E-state index in [4.69, 9.17) is 10.5 Å². The zero-order valence-electron chi connectivity index (χ0n) is 12.4. The van der Waals surface area contributed by atoms with Gasteiger partial charge in [0.05, 0.1) is 12.7 Å². The number of rotatable bonds is 8. The van der Waals surface area contributed by atoms with Gasteiger partial charge in [0.1, 0.15) is 0 Å². The number of hydrogen-bond donors (Lipinski definition) is 1. The van der Waals surface area contributed by atoms with Crippen LogP contribution in [0.15, 0.2) is 24.3 Å². The van der Waals surface area contributed by atoms with Crippen LogP contribution in [0.4, 0.5) is 8.78 Å². The summed E-state index contributed by atoms with van der Waals surface area (Å²) in [6.07, 6.45) is -2.27. The van der Waals surface area contributed by atoms with E-state index in [2.05, 4.69) is 0 Å². The molecule has 0 heterocycles. The zero-order valence-corrected chi connectivity index (χ0v) is 12.4. The number of nitrogens with two attached hydrogens (primary N) is 1. The van der Waals surface area contributed by atoms with Crippen molar-refractivity contribution in [3.8, 4) is 0 Å². The van der Waals surface area contributed by atoms with Gasteiger partial charge in [0, 0.05) is 24.7 Å². The highest BCUT2D eigenvalue weighted by Crippen LogP contribution is 2.24. The van der Waals surface area contributed by atoms with Crippen LogP contribution < -0.4 is 5.73 Å². The molecule has 0 aliphatic heterocycles. The van der Waals surface area contributed by atoms with Crippen molar-refractivity contribution in [3.63, 3.8) is 0 Å². The molecule has 0 radical (unpaired) electrons. The fraction of sp³-hybridized carbons (Fsp3) is 0.600. The number of likely N-dealkylation sites (N-methyl/N-ethyl adjacent to an activating group) is 1. The zero-order chi connectivity index (χ0) is 15.1. The molecule has 5 heteroatoms. The molecule has 0 fully saturated rings. The maximum atomic E-state index is 12.7. The van der Waals surface area contributed by atoms with Crippen molar-refractivity contribution in [1.82, 2.24) is 4.90 Å². The predicted octanol–water partition coefficient (Wildman–Crippen LogP) is 2.98. The molecule has 114 valence electrons. The molecule has 0 bridgehead atoms. The van der Waals surface area contributed by atoms with E-state index in [1.807, 2.05) is 31.9 Å². The molecule has 1 aromatic carbocycles. The summed E-state index contributed by atoms with van der Waals surface area (Å²) in [5.74, 6) is 0. The Morgan fingerprint density at radius 1 is 1.25 bits per heavy atom. The maximum Gasteiger partial charge on any atom is 0.263 e. The summed E-state index contributed by atoms with van der Waals surface area (Å²) in [4.78, 5) is 2.03. The molecule has 1 rings (SSSR count). The van der Waals surface area contributed by atoms with Crippen molar-refractivity contribution < 1.29 is 13.5 Å². The lowest BCUT2D eigenvalue weighted by Gasteiger charge is -2.28. The Morgan fingerprint density at radius 2 is 1.90 bits per heavy atom. The van der Waals surface area contributed by atoms with Crippen molar-refractivity contribution >= 4 is 0 Å². The number of benzene rings is 1. The van der Waals surface area contributed by atoms with Gasteiger partial charge in [-0.25, -0.2) is 8.78 Å². The van der Waals surface area contributed by atoms with Crippen molar-refractivity contribution in [2.24, 2.45) is 5.73 Å². The van der Waals surface area contributed by atoms with Crippen molar-refractivity contribution in [1.29, 1.82) is 0 Å². The molecule has 0 saturated heterocycles. The molecular weight excluding hydrogens is 262 g/mol. The second-order valence-corrected chi connectivity index (χ2v) is 5.12. The molecule has 20 heavy (non-hydrogen) atoms. The summed E-state index contributed by atoms with van der Waals surface area (Å²) in [5, 5.41) is 0. The lowest BCUT2D eigenvalue weighted by atomic mass is 10.0. The van der Waals surface area contributed by atoms with Crippen LogP contribution in [0.1, 0.15) is 37.4 Å². The lowest BCUT2D eigenvalue weighted by Crippen LogP contribution is -2.33. The van der Waals surface area contributed by atoms with Gasteiger partial charge in [0.25, 0.3) is 6.43 Å².